The number of carboxylic acid groups (broad SMARTS) is 1. The molecular formula is C15H12N2O3. The Morgan fingerprint density at radius 2 is 1.95 bits per heavy atom. The van der Waals surface area contributed by atoms with Crippen LogP contribution in [0.1, 0.15) is 21.5 Å². The van der Waals surface area contributed by atoms with Crippen LogP contribution in [0, 0.1) is 11.3 Å². The minimum absolute atomic E-state index is 0.0516. The van der Waals surface area contributed by atoms with Gasteiger partial charge in [0.15, 0.2) is 0 Å². The summed E-state index contributed by atoms with van der Waals surface area (Å²) in [4.78, 5) is 10.8. The lowest BCUT2D eigenvalue weighted by atomic mass is 10.1. The fourth-order valence-electron chi connectivity index (χ4n) is 1.67. The molecule has 0 fully saturated rings. The fourth-order valence-corrected chi connectivity index (χ4v) is 1.67. The van der Waals surface area contributed by atoms with E-state index in [2.05, 4.69) is 0 Å². The number of ether oxygens (including phenoxy) is 1. The molecule has 3 N–H and O–H groups in total. The SMILES string of the molecule is N#Cc1ccc(COc2ccc(C(=O)O)c(N)c2)cc1. The van der Waals surface area contributed by atoms with E-state index in [9.17, 15) is 4.79 Å². The standard InChI is InChI=1S/C15H12N2O3/c16-8-10-1-3-11(4-2-10)9-20-12-5-6-13(15(18)19)14(17)7-12/h1-7H,9,17H2,(H,18,19). The van der Waals surface area contributed by atoms with Crippen LogP contribution >= 0.6 is 0 Å². The summed E-state index contributed by atoms with van der Waals surface area (Å²) in [7, 11) is 0. The molecule has 0 bridgehead atoms. The second-order valence-electron chi connectivity index (χ2n) is 4.15. The molecule has 5 nitrogen and oxygen atoms in total. The number of aromatic carboxylic acids is 1. The van der Waals surface area contributed by atoms with E-state index in [4.69, 9.17) is 20.8 Å². The Balaban J connectivity index is 2.05. The van der Waals surface area contributed by atoms with Gasteiger partial charge in [-0.1, -0.05) is 12.1 Å². The molecule has 0 aromatic heterocycles. The van der Waals surface area contributed by atoms with Crippen molar-refractivity contribution in [1.29, 1.82) is 5.26 Å². The fraction of sp³-hybridized carbons (Fsp3) is 0.0667. The molecule has 0 saturated heterocycles. The Morgan fingerprint density at radius 1 is 1.25 bits per heavy atom. The number of nitrogens with two attached hydrogens (primary N) is 1. The number of hydrogen-bond donors (Lipinski definition) is 2. The number of benzene rings is 2. The van der Waals surface area contributed by atoms with E-state index in [0.29, 0.717) is 17.9 Å². The largest absolute Gasteiger partial charge is 0.489 e. The van der Waals surface area contributed by atoms with E-state index >= 15 is 0 Å². The van der Waals surface area contributed by atoms with Crippen LogP contribution in [0.5, 0.6) is 5.75 Å². The number of carbonyl (C=O) groups is 1. The third kappa shape index (κ3) is 3.06. The predicted octanol–water partition coefficient (Wildman–Crippen LogP) is 2.42. The summed E-state index contributed by atoms with van der Waals surface area (Å²) in [5, 5.41) is 17.6. The van der Waals surface area contributed by atoms with Gasteiger partial charge in [-0.3, -0.25) is 0 Å². The maximum absolute atomic E-state index is 10.8. The topological polar surface area (TPSA) is 96.3 Å². The number of rotatable bonds is 4. The van der Waals surface area contributed by atoms with Crippen LogP contribution in [0.15, 0.2) is 42.5 Å². The van der Waals surface area contributed by atoms with Gasteiger partial charge in [0.05, 0.1) is 17.2 Å². The molecule has 5 heteroatoms. The van der Waals surface area contributed by atoms with Crippen LogP contribution in [0.25, 0.3) is 0 Å². The maximum atomic E-state index is 10.8. The predicted molar refractivity (Wildman–Crippen MR) is 73.3 cm³/mol. The van der Waals surface area contributed by atoms with Crippen LogP contribution in [-0.2, 0) is 6.61 Å². The van der Waals surface area contributed by atoms with Crippen molar-refractivity contribution in [3.05, 3.63) is 59.2 Å². The molecule has 20 heavy (non-hydrogen) atoms. The minimum Gasteiger partial charge on any atom is -0.489 e. The zero-order chi connectivity index (χ0) is 14.5. The van der Waals surface area contributed by atoms with Gasteiger partial charge in [-0.15, -0.1) is 0 Å². The molecule has 0 spiro atoms. The van der Waals surface area contributed by atoms with Gasteiger partial charge < -0.3 is 15.6 Å². The van der Waals surface area contributed by atoms with Gasteiger partial charge in [-0.05, 0) is 29.8 Å². The third-order valence-electron chi connectivity index (χ3n) is 2.74. The van der Waals surface area contributed by atoms with Crippen LogP contribution in [0.3, 0.4) is 0 Å². The van der Waals surface area contributed by atoms with Crippen molar-refractivity contribution >= 4 is 11.7 Å². The Labute approximate surface area is 115 Å². The van der Waals surface area contributed by atoms with Crippen molar-refractivity contribution in [3.8, 4) is 11.8 Å². The first kappa shape index (κ1) is 13.4. The molecule has 0 amide bonds. The van der Waals surface area contributed by atoms with Crippen molar-refractivity contribution in [2.24, 2.45) is 0 Å². The highest BCUT2D eigenvalue weighted by Gasteiger charge is 2.08. The highest BCUT2D eigenvalue weighted by molar-refractivity contribution is 5.93. The number of nitrogens with zero attached hydrogens (tertiary/aromatic N) is 1. The monoisotopic (exact) mass is 268 g/mol. The highest BCUT2D eigenvalue weighted by Crippen LogP contribution is 2.21. The lowest BCUT2D eigenvalue weighted by Crippen LogP contribution is -2.03. The summed E-state index contributed by atoms with van der Waals surface area (Å²) in [6.07, 6.45) is 0. The van der Waals surface area contributed by atoms with Gasteiger partial charge in [0, 0.05) is 11.8 Å². The van der Waals surface area contributed by atoms with Crippen molar-refractivity contribution in [1.82, 2.24) is 0 Å². The molecule has 0 heterocycles. The number of nitriles is 1. The normalized spacial score (nSPS) is 9.75. The number of anilines is 1. The van der Waals surface area contributed by atoms with Crippen LogP contribution in [0.2, 0.25) is 0 Å². The molecule has 0 aliphatic carbocycles. The summed E-state index contributed by atoms with van der Waals surface area (Å²) >= 11 is 0. The van der Waals surface area contributed by atoms with E-state index in [1.165, 1.54) is 12.1 Å². The van der Waals surface area contributed by atoms with Gasteiger partial charge in [0.2, 0.25) is 0 Å². The van der Waals surface area contributed by atoms with Crippen molar-refractivity contribution < 1.29 is 14.6 Å². The molecular weight excluding hydrogens is 256 g/mol. The van der Waals surface area contributed by atoms with E-state index < -0.39 is 5.97 Å². The maximum Gasteiger partial charge on any atom is 0.337 e. The van der Waals surface area contributed by atoms with E-state index in [-0.39, 0.29) is 11.3 Å². The first-order valence-electron chi connectivity index (χ1n) is 5.85. The van der Waals surface area contributed by atoms with E-state index in [0.717, 1.165) is 5.56 Å². The van der Waals surface area contributed by atoms with Gasteiger partial charge in [-0.2, -0.15) is 5.26 Å². The summed E-state index contributed by atoms with van der Waals surface area (Å²) < 4.78 is 5.53. The van der Waals surface area contributed by atoms with Gasteiger partial charge in [-0.25, -0.2) is 4.79 Å². The highest BCUT2D eigenvalue weighted by atomic mass is 16.5. The van der Waals surface area contributed by atoms with Crippen LogP contribution in [-0.4, -0.2) is 11.1 Å². The quantitative estimate of drug-likeness (QED) is 0.830. The first-order valence-corrected chi connectivity index (χ1v) is 5.85. The van der Waals surface area contributed by atoms with Gasteiger partial charge >= 0.3 is 5.97 Å². The molecule has 0 saturated carbocycles. The van der Waals surface area contributed by atoms with Crippen molar-refractivity contribution in [3.63, 3.8) is 0 Å². The molecule has 2 aromatic rings. The summed E-state index contributed by atoms with van der Waals surface area (Å²) in [5.74, 6) is -0.571. The molecule has 2 aromatic carbocycles. The Kier molecular flexibility index (Phi) is 3.87. The number of nitrogen functional groups attached to an aromatic ring is 1. The first-order chi connectivity index (χ1) is 9.60. The average molecular weight is 268 g/mol. The van der Waals surface area contributed by atoms with E-state index in [1.54, 1.807) is 30.3 Å². The van der Waals surface area contributed by atoms with Gasteiger partial charge in [0.25, 0.3) is 0 Å². The third-order valence-corrected chi connectivity index (χ3v) is 2.74. The zero-order valence-electron chi connectivity index (χ0n) is 10.5. The summed E-state index contributed by atoms with van der Waals surface area (Å²) in [6.45, 7) is 0.317. The Hall–Kier alpha value is -3.00. The average Bonchev–Trinajstić information content (AvgIpc) is 2.45. The Morgan fingerprint density at radius 3 is 2.50 bits per heavy atom. The molecule has 0 aliphatic heterocycles. The van der Waals surface area contributed by atoms with Crippen molar-refractivity contribution in [2.45, 2.75) is 6.61 Å². The Bertz CT molecular complexity index is 673. The van der Waals surface area contributed by atoms with Crippen LogP contribution < -0.4 is 10.5 Å². The second kappa shape index (κ2) is 5.76. The molecule has 0 unspecified atom stereocenters. The molecule has 0 radical (unpaired) electrons. The second-order valence-corrected chi connectivity index (χ2v) is 4.15. The van der Waals surface area contributed by atoms with Crippen LogP contribution in [0.4, 0.5) is 5.69 Å². The number of carboxylic acids is 1. The van der Waals surface area contributed by atoms with Gasteiger partial charge in [0.1, 0.15) is 12.4 Å². The lowest BCUT2D eigenvalue weighted by Gasteiger charge is -2.08. The van der Waals surface area contributed by atoms with Crippen molar-refractivity contribution in [2.75, 3.05) is 5.73 Å². The minimum atomic E-state index is -1.07. The summed E-state index contributed by atoms with van der Waals surface area (Å²) in [6, 6.07) is 13.5. The molecule has 100 valence electrons. The zero-order valence-corrected chi connectivity index (χ0v) is 10.5. The summed E-state index contributed by atoms with van der Waals surface area (Å²) in [5.41, 5.74) is 7.34. The smallest absolute Gasteiger partial charge is 0.337 e. The lowest BCUT2D eigenvalue weighted by molar-refractivity contribution is 0.0698. The molecule has 2 rings (SSSR count). The molecule has 0 aliphatic rings. The van der Waals surface area contributed by atoms with E-state index in [1.807, 2.05) is 6.07 Å². The molecule has 0 atom stereocenters. The number of hydrogen-bond acceptors (Lipinski definition) is 4.